The highest BCUT2D eigenvalue weighted by molar-refractivity contribution is 5.56. The van der Waals surface area contributed by atoms with Crippen LogP contribution in [0.5, 0.6) is 0 Å². The lowest BCUT2D eigenvalue weighted by Gasteiger charge is -2.23. The van der Waals surface area contributed by atoms with Crippen molar-refractivity contribution < 1.29 is 9.47 Å². The number of ether oxygens (including phenoxy) is 2. The number of H-pyrrole nitrogens is 1. The molecule has 138 valence electrons. The largest absolute Gasteiger partial charge is 0.376 e. The normalized spacial score (nSPS) is 17.7. The van der Waals surface area contributed by atoms with Crippen LogP contribution in [0.4, 0.5) is 0 Å². The Kier molecular flexibility index (Phi) is 4.56. The van der Waals surface area contributed by atoms with Crippen molar-refractivity contribution in [1.82, 2.24) is 34.7 Å². The minimum absolute atomic E-state index is 0.0162. The smallest absolute Gasteiger partial charge is 0.184 e. The summed E-state index contributed by atoms with van der Waals surface area (Å²) in [4.78, 5) is 4.78. The summed E-state index contributed by atoms with van der Waals surface area (Å²) < 4.78 is 15.1. The molecule has 0 bridgehead atoms. The number of rotatable bonds is 5. The van der Waals surface area contributed by atoms with Crippen LogP contribution < -0.4 is 0 Å². The van der Waals surface area contributed by atoms with Gasteiger partial charge in [-0.05, 0) is 13.8 Å². The maximum absolute atomic E-state index is 5.79. The quantitative estimate of drug-likeness (QED) is 0.733. The molecule has 1 N–H and O–H groups in total. The van der Waals surface area contributed by atoms with Gasteiger partial charge in [0.15, 0.2) is 5.82 Å². The van der Waals surface area contributed by atoms with Gasteiger partial charge >= 0.3 is 0 Å². The number of aromatic amines is 1. The van der Waals surface area contributed by atoms with Gasteiger partial charge in [0.25, 0.3) is 0 Å². The van der Waals surface area contributed by atoms with Crippen LogP contribution in [0.3, 0.4) is 0 Å². The van der Waals surface area contributed by atoms with Crippen molar-refractivity contribution in [3.63, 3.8) is 0 Å². The van der Waals surface area contributed by atoms with Crippen molar-refractivity contribution in [1.29, 1.82) is 0 Å². The van der Waals surface area contributed by atoms with Gasteiger partial charge in [0.2, 0.25) is 0 Å². The van der Waals surface area contributed by atoms with E-state index in [4.69, 9.17) is 19.6 Å². The number of hydrogen-bond acceptors (Lipinski definition) is 6. The number of aromatic nitrogens is 7. The van der Waals surface area contributed by atoms with Crippen LogP contribution in [0.15, 0.2) is 12.4 Å². The van der Waals surface area contributed by atoms with E-state index in [1.807, 2.05) is 36.5 Å². The van der Waals surface area contributed by atoms with E-state index in [2.05, 4.69) is 15.3 Å². The zero-order valence-electron chi connectivity index (χ0n) is 15.3. The summed E-state index contributed by atoms with van der Waals surface area (Å²) in [6.07, 6.45) is 4.43. The minimum Gasteiger partial charge on any atom is -0.376 e. The Morgan fingerprint density at radius 1 is 1.27 bits per heavy atom. The van der Waals surface area contributed by atoms with Gasteiger partial charge < -0.3 is 9.47 Å². The predicted octanol–water partition coefficient (Wildman–Crippen LogP) is 1.02. The number of hydrogen-bond donors (Lipinski definition) is 1. The van der Waals surface area contributed by atoms with E-state index in [-0.39, 0.29) is 6.10 Å². The van der Waals surface area contributed by atoms with E-state index in [0.717, 1.165) is 28.3 Å². The SMILES string of the molecule is Cc1nn(C)cc1Cc1nc(-c2cn[nH]c2C)nn1CC1COCCO1. The molecule has 0 spiro atoms. The molecule has 3 aromatic rings. The molecule has 0 amide bonds. The fourth-order valence-corrected chi connectivity index (χ4v) is 3.17. The molecule has 3 aromatic heterocycles. The van der Waals surface area contributed by atoms with E-state index < -0.39 is 0 Å². The minimum atomic E-state index is -0.0162. The molecule has 0 aliphatic carbocycles. The Morgan fingerprint density at radius 2 is 2.15 bits per heavy atom. The summed E-state index contributed by atoms with van der Waals surface area (Å²) in [5, 5.41) is 16.2. The van der Waals surface area contributed by atoms with Crippen LogP contribution in [-0.2, 0) is 29.5 Å². The van der Waals surface area contributed by atoms with Gasteiger partial charge in [-0.15, -0.1) is 0 Å². The van der Waals surface area contributed by atoms with Crippen LogP contribution in [-0.4, -0.2) is 60.7 Å². The zero-order chi connectivity index (χ0) is 18.1. The first-order valence-electron chi connectivity index (χ1n) is 8.72. The molecule has 1 atom stereocenters. The second kappa shape index (κ2) is 7.00. The molecule has 26 heavy (non-hydrogen) atoms. The molecule has 1 aliphatic heterocycles. The molecule has 9 nitrogen and oxygen atoms in total. The molecule has 4 heterocycles. The molecule has 1 saturated heterocycles. The topological polar surface area (TPSA) is 95.7 Å². The summed E-state index contributed by atoms with van der Waals surface area (Å²) in [5.74, 6) is 1.55. The van der Waals surface area contributed by atoms with Crippen LogP contribution >= 0.6 is 0 Å². The van der Waals surface area contributed by atoms with Crippen LogP contribution in [0.2, 0.25) is 0 Å². The van der Waals surface area contributed by atoms with Gasteiger partial charge in [-0.2, -0.15) is 15.3 Å². The highest BCUT2D eigenvalue weighted by atomic mass is 16.6. The lowest BCUT2D eigenvalue weighted by molar-refractivity contribution is -0.0948. The van der Waals surface area contributed by atoms with E-state index in [1.54, 1.807) is 6.20 Å². The van der Waals surface area contributed by atoms with Gasteiger partial charge in [-0.3, -0.25) is 9.78 Å². The van der Waals surface area contributed by atoms with E-state index in [9.17, 15) is 0 Å². The van der Waals surface area contributed by atoms with E-state index in [1.165, 1.54) is 0 Å². The van der Waals surface area contributed by atoms with Crippen LogP contribution in [0.1, 0.15) is 22.8 Å². The third kappa shape index (κ3) is 3.40. The number of aryl methyl sites for hydroxylation is 3. The first-order valence-corrected chi connectivity index (χ1v) is 8.72. The Hall–Kier alpha value is -2.52. The first kappa shape index (κ1) is 16.9. The summed E-state index contributed by atoms with van der Waals surface area (Å²) in [6, 6.07) is 0. The van der Waals surface area contributed by atoms with Crippen molar-refractivity contribution in [3.05, 3.63) is 35.2 Å². The van der Waals surface area contributed by atoms with Crippen molar-refractivity contribution in [2.45, 2.75) is 32.9 Å². The average Bonchev–Trinajstić information content (AvgIpc) is 3.29. The van der Waals surface area contributed by atoms with Crippen LogP contribution in [0.25, 0.3) is 11.4 Å². The van der Waals surface area contributed by atoms with Gasteiger partial charge in [-0.1, -0.05) is 0 Å². The number of nitrogens with zero attached hydrogens (tertiary/aromatic N) is 6. The van der Waals surface area contributed by atoms with E-state index in [0.29, 0.717) is 38.6 Å². The monoisotopic (exact) mass is 357 g/mol. The number of nitrogens with one attached hydrogen (secondary N) is 1. The van der Waals surface area contributed by atoms with Crippen molar-refractivity contribution >= 4 is 0 Å². The Balaban J connectivity index is 1.66. The molecule has 1 fully saturated rings. The van der Waals surface area contributed by atoms with E-state index >= 15 is 0 Å². The lowest BCUT2D eigenvalue weighted by Crippen LogP contribution is -2.33. The second-order valence-corrected chi connectivity index (χ2v) is 6.60. The second-order valence-electron chi connectivity index (χ2n) is 6.60. The zero-order valence-corrected chi connectivity index (χ0v) is 15.3. The molecule has 4 rings (SSSR count). The molecule has 0 saturated carbocycles. The van der Waals surface area contributed by atoms with Crippen LogP contribution in [0, 0.1) is 13.8 Å². The highest BCUT2D eigenvalue weighted by Crippen LogP contribution is 2.20. The van der Waals surface area contributed by atoms with Gasteiger partial charge in [-0.25, -0.2) is 9.67 Å². The Morgan fingerprint density at radius 3 is 2.81 bits per heavy atom. The molecule has 0 radical (unpaired) electrons. The Labute approximate surface area is 151 Å². The summed E-state index contributed by atoms with van der Waals surface area (Å²) in [5.41, 5.74) is 4.00. The van der Waals surface area contributed by atoms with Crippen molar-refractivity contribution in [3.8, 4) is 11.4 Å². The third-order valence-electron chi connectivity index (χ3n) is 4.54. The molecule has 9 heteroatoms. The maximum atomic E-state index is 5.79. The standard InChI is InChI=1S/C17H23N7O2/c1-11-13(8-23(3)21-11)6-16-19-17(15-7-18-20-12(15)2)22-24(16)9-14-10-25-4-5-26-14/h7-8,14H,4-6,9-10H2,1-3H3,(H,18,20). The molecule has 1 unspecified atom stereocenters. The first-order chi connectivity index (χ1) is 12.6. The van der Waals surface area contributed by atoms with Crippen molar-refractivity contribution in [2.75, 3.05) is 19.8 Å². The van der Waals surface area contributed by atoms with Gasteiger partial charge in [0, 0.05) is 30.9 Å². The van der Waals surface area contributed by atoms with Gasteiger partial charge in [0.1, 0.15) is 11.9 Å². The molecular formula is C17H23N7O2. The van der Waals surface area contributed by atoms with Gasteiger partial charge in [0.05, 0.1) is 43.8 Å². The summed E-state index contributed by atoms with van der Waals surface area (Å²) in [6.45, 7) is 6.42. The summed E-state index contributed by atoms with van der Waals surface area (Å²) in [7, 11) is 1.93. The fraction of sp³-hybridized carbons (Fsp3) is 0.529. The predicted molar refractivity (Wildman–Crippen MR) is 93.7 cm³/mol. The fourth-order valence-electron chi connectivity index (χ4n) is 3.17. The average molecular weight is 357 g/mol. The highest BCUT2D eigenvalue weighted by Gasteiger charge is 2.21. The molecule has 0 aromatic carbocycles. The Bertz CT molecular complexity index is 889. The summed E-state index contributed by atoms with van der Waals surface area (Å²) >= 11 is 0. The van der Waals surface area contributed by atoms with Crippen molar-refractivity contribution in [2.24, 2.45) is 7.05 Å². The molecular weight excluding hydrogens is 334 g/mol. The lowest BCUT2D eigenvalue weighted by atomic mass is 10.2. The maximum Gasteiger partial charge on any atom is 0.184 e. The third-order valence-corrected chi connectivity index (χ3v) is 4.54. The molecule has 1 aliphatic rings.